The summed E-state index contributed by atoms with van der Waals surface area (Å²) in [5, 5.41) is 9.31. The molecule has 2 rings (SSSR count). The zero-order valence-corrected chi connectivity index (χ0v) is 11.0. The minimum Gasteiger partial charge on any atom is -0.497 e. The van der Waals surface area contributed by atoms with E-state index in [2.05, 4.69) is 0 Å². The average Bonchev–Trinajstić information content (AvgIpc) is 2.92. The molecule has 1 fully saturated rings. The molecule has 1 aromatic carbocycles. The van der Waals surface area contributed by atoms with Gasteiger partial charge in [-0.25, -0.2) is 0 Å². The summed E-state index contributed by atoms with van der Waals surface area (Å²) in [5.41, 5.74) is 0.792. The number of ether oxygens (including phenoxy) is 2. The molecule has 1 aliphatic rings. The van der Waals surface area contributed by atoms with Gasteiger partial charge in [-0.3, -0.25) is 0 Å². The maximum absolute atomic E-state index is 9.31. The molecule has 1 aromatic rings. The Morgan fingerprint density at radius 3 is 2.72 bits per heavy atom. The normalized spacial score (nSPS) is 15.9. The third kappa shape index (κ3) is 3.39. The Morgan fingerprint density at radius 1 is 1.28 bits per heavy atom. The number of benzene rings is 1. The van der Waals surface area contributed by atoms with Gasteiger partial charge >= 0.3 is 0 Å². The van der Waals surface area contributed by atoms with Crippen LogP contribution in [0.15, 0.2) is 18.2 Å². The second kappa shape index (κ2) is 6.64. The Hall–Kier alpha value is -1.22. The van der Waals surface area contributed by atoms with Gasteiger partial charge in [0, 0.05) is 5.56 Å². The number of methoxy groups -OCH3 is 1. The summed E-state index contributed by atoms with van der Waals surface area (Å²) in [6, 6.07) is 5.56. The standard InChI is InChI=1S/C15H22O3/c1-17-14-6-7-15(13(10-14)11-16)18-9-8-12-4-2-3-5-12/h6-7,10,12,16H,2-5,8-9,11H2,1H3. The topological polar surface area (TPSA) is 38.7 Å². The number of aliphatic hydroxyl groups is 1. The summed E-state index contributed by atoms with van der Waals surface area (Å²) in [6.07, 6.45) is 6.55. The van der Waals surface area contributed by atoms with Crippen LogP contribution in [0.3, 0.4) is 0 Å². The molecule has 1 saturated carbocycles. The quantitative estimate of drug-likeness (QED) is 0.843. The second-order valence-corrected chi connectivity index (χ2v) is 4.92. The molecule has 0 heterocycles. The van der Waals surface area contributed by atoms with E-state index in [-0.39, 0.29) is 6.61 Å². The predicted molar refractivity (Wildman–Crippen MR) is 71.0 cm³/mol. The lowest BCUT2D eigenvalue weighted by Crippen LogP contribution is -2.05. The molecule has 100 valence electrons. The fourth-order valence-electron chi connectivity index (χ4n) is 2.58. The van der Waals surface area contributed by atoms with Crippen LogP contribution < -0.4 is 9.47 Å². The van der Waals surface area contributed by atoms with Crippen LogP contribution in [0.2, 0.25) is 0 Å². The zero-order valence-electron chi connectivity index (χ0n) is 11.0. The molecule has 0 spiro atoms. The van der Waals surface area contributed by atoms with Crippen molar-refractivity contribution in [2.75, 3.05) is 13.7 Å². The van der Waals surface area contributed by atoms with Crippen LogP contribution in [0.5, 0.6) is 11.5 Å². The van der Waals surface area contributed by atoms with Crippen molar-refractivity contribution in [3.05, 3.63) is 23.8 Å². The SMILES string of the molecule is COc1ccc(OCCC2CCCC2)c(CO)c1. The lowest BCUT2D eigenvalue weighted by atomic mass is 10.1. The van der Waals surface area contributed by atoms with E-state index in [1.807, 2.05) is 18.2 Å². The van der Waals surface area contributed by atoms with Crippen molar-refractivity contribution in [2.24, 2.45) is 5.92 Å². The molecule has 1 N–H and O–H groups in total. The van der Waals surface area contributed by atoms with Gasteiger partial charge in [-0.05, 0) is 30.5 Å². The van der Waals surface area contributed by atoms with Gasteiger partial charge in [0.2, 0.25) is 0 Å². The molecule has 3 nitrogen and oxygen atoms in total. The first-order valence-electron chi connectivity index (χ1n) is 6.74. The van der Waals surface area contributed by atoms with Gasteiger partial charge in [0.25, 0.3) is 0 Å². The monoisotopic (exact) mass is 250 g/mol. The Bertz CT molecular complexity index is 370. The van der Waals surface area contributed by atoms with Gasteiger partial charge < -0.3 is 14.6 Å². The van der Waals surface area contributed by atoms with Gasteiger partial charge in [-0.1, -0.05) is 25.7 Å². The molecule has 0 atom stereocenters. The molecule has 0 bridgehead atoms. The Balaban J connectivity index is 1.87. The van der Waals surface area contributed by atoms with Crippen molar-refractivity contribution < 1.29 is 14.6 Å². The van der Waals surface area contributed by atoms with Gasteiger partial charge in [-0.2, -0.15) is 0 Å². The number of aliphatic hydroxyl groups excluding tert-OH is 1. The Morgan fingerprint density at radius 2 is 2.06 bits per heavy atom. The Labute approximate surface area is 109 Å². The first-order valence-corrected chi connectivity index (χ1v) is 6.74. The third-order valence-electron chi connectivity index (χ3n) is 3.70. The van der Waals surface area contributed by atoms with Crippen LogP contribution in [0.25, 0.3) is 0 Å². The van der Waals surface area contributed by atoms with Crippen molar-refractivity contribution in [1.29, 1.82) is 0 Å². The molecular formula is C15H22O3. The van der Waals surface area contributed by atoms with E-state index in [4.69, 9.17) is 9.47 Å². The van der Waals surface area contributed by atoms with E-state index in [0.717, 1.165) is 36.0 Å². The molecular weight excluding hydrogens is 228 g/mol. The van der Waals surface area contributed by atoms with Crippen molar-refractivity contribution in [3.8, 4) is 11.5 Å². The average molecular weight is 250 g/mol. The molecule has 18 heavy (non-hydrogen) atoms. The maximum atomic E-state index is 9.31. The van der Waals surface area contributed by atoms with E-state index < -0.39 is 0 Å². The molecule has 0 unspecified atom stereocenters. The van der Waals surface area contributed by atoms with E-state index in [0.29, 0.717) is 0 Å². The van der Waals surface area contributed by atoms with E-state index in [1.54, 1.807) is 7.11 Å². The first kappa shape index (κ1) is 13.2. The maximum Gasteiger partial charge on any atom is 0.125 e. The van der Waals surface area contributed by atoms with Crippen LogP contribution in [0.4, 0.5) is 0 Å². The molecule has 0 saturated heterocycles. The van der Waals surface area contributed by atoms with Gasteiger partial charge in [0.15, 0.2) is 0 Å². The summed E-state index contributed by atoms with van der Waals surface area (Å²) in [5.74, 6) is 2.36. The fourth-order valence-corrected chi connectivity index (χ4v) is 2.58. The number of hydrogen-bond acceptors (Lipinski definition) is 3. The van der Waals surface area contributed by atoms with Crippen molar-refractivity contribution in [3.63, 3.8) is 0 Å². The van der Waals surface area contributed by atoms with E-state index >= 15 is 0 Å². The van der Waals surface area contributed by atoms with Crippen LogP contribution >= 0.6 is 0 Å². The molecule has 0 amide bonds. The minimum atomic E-state index is -0.0179. The Kier molecular flexibility index (Phi) is 4.88. The van der Waals surface area contributed by atoms with Crippen LogP contribution in [0.1, 0.15) is 37.7 Å². The predicted octanol–water partition coefficient (Wildman–Crippen LogP) is 3.15. The van der Waals surface area contributed by atoms with Crippen molar-refractivity contribution in [1.82, 2.24) is 0 Å². The molecule has 0 radical (unpaired) electrons. The van der Waals surface area contributed by atoms with E-state index in [1.165, 1.54) is 25.7 Å². The zero-order chi connectivity index (χ0) is 12.8. The smallest absolute Gasteiger partial charge is 0.125 e. The number of rotatable bonds is 6. The van der Waals surface area contributed by atoms with E-state index in [9.17, 15) is 5.11 Å². The highest BCUT2D eigenvalue weighted by atomic mass is 16.5. The highest BCUT2D eigenvalue weighted by Crippen LogP contribution is 2.29. The highest BCUT2D eigenvalue weighted by Gasteiger charge is 2.15. The number of hydrogen-bond donors (Lipinski definition) is 1. The molecule has 3 heteroatoms. The summed E-state index contributed by atoms with van der Waals surface area (Å²) in [6.45, 7) is 0.722. The summed E-state index contributed by atoms with van der Waals surface area (Å²) in [7, 11) is 1.62. The minimum absolute atomic E-state index is 0.0179. The lowest BCUT2D eigenvalue weighted by Gasteiger charge is -2.13. The summed E-state index contributed by atoms with van der Waals surface area (Å²) < 4.78 is 10.9. The van der Waals surface area contributed by atoms with Crippen molar-refractivity contribution >= 4 is 0 Å². The van der Waals surface area contributed by atoms with Gasteiger partial charge in [0.1, 0.15) is 11.5 Å². The third-order valence-corrected chi connectivity index (χ3v) is 3.70. The van der Waals surface area contributed by atoms with Gasteiger partial charge in [-0.15, -0.1) is 0 Å². The molecule has 0 aromatic heterocycles. The fraction of sp³-hybridized carbons (Fsp3) is 0.600. The van der Waals surface area contributed by atoms with Crippen LogP contribution in [-0.2, 0) is 6.61 Å². The largest absolute Gasteiger partial charge is 0.497 e. The first-order chi connectivity index (χ1) is 8.83. The second-order valence-electron chi connectivity index (χ2n) is 4.92. The van der Waals surface area contributed by atoms with Gasteiger partial charge in [0.05, 0.1) is 20.3 Å². The highest BCUT2D eigenvalue weighted by molar-refractivity contribution is 5.39. The van der Waals surface area contributed by atoms with Crippen LogP contribution in [0, 0.1) is 5.92 Å². The molecule has 1 aliphatic carbocycles. The molecule has 0 aliphatic heterocycles. The summed E-state index contributed by atoms with van der Waals surface area (Å²) >= 11 is 0. The van der Waals surface area contributed by atoms with Crippen LogP contribution in [-0.4, -0.2) is 18.8 Å². The van der Waals surface area contributed by atoms with Crippen molar-refractivity contribution in [2.45, 2.75) is 38.7 Å². The summed E-state index contributed by atoms with van der Waals surface area (Å²) in [4.78, 5) is 0. The lowest BCUT2D eigenvalue weighted by molar-refractivity contribution is 0.250.